The van der Waals surface area contributed by atoms with E-state index in [2.05, 4.69) is 22.1 Å². The predicted octanol–water partition coefficient (Wildman–Crippen LogP) is 1.41. The van der Waals surface area contributed by atoms with E-state index in [1.54, 1.807) is 13.8 Å². The van der Waals surface area contributed by atoms with Crippen LogP contribution in [0.4, 0.5) is 5.00 Å². The van der Waals surface area contributed by atoms with Crippen molar-refractivity contribution in [3.8, 4) is 0 Å². The Morgan fingerprint density at radius 2 is 1.65 bits per heavy atom. The zero-order valence-corrected chi connectivity index (χ0v) is 20.5. The number of esters is 2. The summed E-state index contributed by atoms with van der Waals surface area (Å²) in [5.74, 6) is -1.43. The number of anilines is 1. The number of thiophene rings is 1. The lowest BCUT2D eigenvalue weighted by Crippen LogP contribution is -2.51. The molecule has 0 spiro atoms. The van der Waals surface area contributed by atoms with Crippen LogP contribution in [-0.4, -0.2) is 92.1 Å². The van der Waals surface area contributed by atoms with Gasteiger partial charge in [0.05, 0.1) is 25.3 Å². The maximum atomic E-state index is 12.8. The number of ether oxygens (including phenoxy) is 2. The van der Waals surface area contributed by atoms with Crippen LogP contribution in [0.2, 0.25) is 0 Å². The molecule has 10 nitrogen and oxygen atoms in total. The lowest BCUT2D eigenvalue weighted by atomic mass is 10.1. The molecule has 3 rings (SSSR count). The zero-order chi connectivity index (χ0) is 24.7. The maximum Gasteiger partial charge on any atom is 0.348 e. The first kappa shape index (κ1) is 25.9. The van der Waals surface area contributed by atoms with Gasteiger partial charge in [-0.1, -0.05) is 12.7 Å². The number of piperazine rings is 1. The Bertz CT molecular complexity index is 934. The van der Waals surface area contributed by atoms with Crippen LogP contribution < -0.4 is 10.6 Å². The molecule has 2 fully saturated rings. The van der Waals surface area contributed by atoms with Crippen molar-refractivity contribution in [3.05, 3.63) is 28.7 Å². The highest BCUT2D eigenvalue weighted by atomic mass is 32.1. The summed E-state index contributed by atoms with van der Waals surface area (Å²) < 4.78 is 10.2. The molecule has 1 aliphatic carbocycles. The molecule has 2 amide bonds. The van der Waals surface area contributed by atoms with Gasteiger partial charge in [-0.25, -0.2) is 9.59 Å². The number of carbonyl (C=O) groups is 4. The third kappa shape index (κ3) is 7.12. The Labute approximate surface area is 203 Å². The van der Waals surface area contributed by atoms with E-state index in [-0.39, 0.29) is 47.0 Å². The van der Waals surface area contributed by atoms with Gasteiger partial charge in [0.2, 0.25) is 11.8 Å². The average Bonchev–Trinajstić information content (AvgIpc) is 3.54. The van der Waals surface area contributed by atoms with Crippen molar-refractivity contribution in [1.82, 2.24) is 15.1 Å². The lowest BCUT2D eigenvalue weighted by Gasteiger charge is -2.33. The van der Waals surface area contributed by atoms with Crippen molar-refractivity contribution in [3.63, 3.8) is 0 Å². The molecule has 0 atom stereocenters. The quantitative estimate of drug-likeness (QED) is 0.352. The molecule has 1 aromatic rings. The van der Waals surface area contributed by atoms with E-state index in [9.17, 15) is 19.2 Å². The number of hydrogen-bond acceptors (Lipinski definition) is 9. The molecular weight excluding hydrogens is 460 g/mol. The van der Waals surface area contributed by atoms with Gasteiger partial charge in [0, 0.05) is 32.2 Å². The number of nitrogens with one attached hydrogen (secondary N) is 2. The van der Waals surface area contributed by atoms with Gasteiger partial charge in [-0.05, 0) is 32.3 Å². The van der Waals surface area contributed by atoms with Gasteiger partial charge in [0.25, 0.3) is 0 Å². The summed E-state index contributed by atoms with van der Waals surface area (Å²) in [5, 5.41) is 6.03. The Morgan fingerprint density at radius 1 is 1.03 bits per heavy atom. The Hall–Kier alpha value is -2.76. The number of carbonyl (C=O) groups excluding carboxylic acids is 4. The number of nitrogens with zero attached hydrogens (tertiary/aromatic N) is 2. The molecule has 0 unspecified atom stereocenters. The summed E-state index contributed by atoms with van der Waals surface area (Å²) in [6.45, 7) is 10.2. The molecule has 2 heterocycles. The van der Waals surface area contributed by atoms with E-state index < -0.39 is 11.9 Å². The SMILES string of the molecule is C=CCOC(=O)c1sc(NC(=O)CN2CCN(CC(=O)NC3CC3)CC2)c(C(=O)OCC)c1C. The van der Waals surface area contributed by atoms with Crippen molar-refractivity contribution in [1.29, 1.82) is 0 Å². The van der Waals surface area contributed by atoms with Crippen LogP contribution in [0.3, 0.4) is 0 Å². The molecule has 0 aromatic carbocycles. The summed E-state index contributed by atoms with van der Waals surface area (Å²) in [6.07, 6.45) is 3.58. The zero-order valence-electron chi connectivity index (χ0n) is 19.7. The largest absolute Gasteiger partial charge is 0.462 e. The molecule has 1 aromatic heterocycles. The lowest BCUT2D eigenvalue weighted by molar-refractivity contribution is -0.123. The number of amides is 2. The third-order valence-corrected chi connectivity index (χ3v) is 6.73. The highest BCUT2D eigenvalue weighted by molar-refractivity contribution is 7.18. The minimum Gasteiger partial charge on any atom is -0.462 e. The van der Waals surface area contributed by atoms with Gasteiger partial charge in [-0.3, -0.25) is 19.4 Å². The van der Waals surface area contributed by atoms with Crippen LogP contribution >= 0.6 is 11.3 Å². The molecule has 1 saturated heterocycles. The first-order valence-electron chi connectivity index (χ1n) is 11.4. The molecule has 2 aliphatic rings. The Kier molecular flexibility index (Phi) is 9.20. The van der Waals surface area contributed by atoms with Crippen molar-refractivity contribution in [2.45, 2.75) is 32.7 Å². The van der Waals surface area contributed by atoms with Crippen LogP contribution in [0.5, 0.6) is 0 Å². The van der Waals surface area contributed by atoms with Crippen LogP contribution in [-0.2, 0) is 19.1 Å². The first-order valence-corrected chi connectivity index (χ1v) is 12.3. The van der Waals surface area contributed by atoms with Crippen LogP contribution in [0.15, 0.2) is 12.7 Å². The molecule has 11 heteroatoms. The van der Waals surface area contributed by atoms with E-state index in [1.807, 2.05) is 4.90 Å². The summed E-state index contributed by atoms with van der Waals surface area (Å²) in [5.41, 5.74) is 0.572. The summed E-state index contributed by atoms with van der Waals surface area (Å²) in [4.78, 5) is 53.9. The van der Waals surface area contributed by atoms with Crippen molar-refractivity contribution in [2.75, 3.05) is 57.8 Å². The topological polar surface area (TPSA) is 117 Å². The molecule has 2 N–H and O–H groups in total. The minimum absolute atomic E-state index is 0.0425. The second-order valence-corrected chi connectivity index (χ2v) is 9.33. The number of hydrogen-bond donors (Lipinski definition) is 2. The summed E-state index contributed by atoms with van der Waals surface area (Å²) in [6, 6.07) is 0.349. The number of rotatable bonds is 11. The van der Waals surface area contributed by atoms with E-state index in [0.717, 1.165) is 24.2 Å². The van der Waals surface area contributed by atoms with Gasteiger partial charge >= 0.3 is 11.9 Å². The molecule has 0 radical (unpaired) electrons. The monoisotopic (exact) mass is 492 g/mol. The Balaban J connectivity index is 1.57. The van der Waals surface area contributed by atoms with Crippen molar-refractivity contribution >= 4 is 40.1 Å². The second kappa shape index (κ2) is 12.1. The normalized spacial score (nSPS) is 16.5. The predicted molar refractivity (Wildman–Crippen MR) is 128 cm³/mol. The van der Waals surface area contributed by atoms with Crippen LogP contribution in [0.25, 0.3) is 0 Å². The third-order valence-electron chi connectivity index (χ3n) is 5.54. The standard InChI is InChI=1S/C23H32N4O6S/c1-4-12-33-23(31)20-15(3)19(22(30)32-5-2)21(34-20)25-18(29)14-27-10-8-26(9-11-27)13-17(28)24-16-6-7-16/h4,16H,1,5-14H2,2-3H3,(H,24,28)(H,25,29). The summed E-state index contributed by atoms with van der Waals surface area (Å²) in [7, 11) is 0. The fourth-order valence-corrected chi connectivity index (χ4v) is 4.73. The van der Waals surface area contributed by atoms with E-state index in [4.69, 9.17) is 9.47 Å². The molecule has 186 valence electrons. The molecular formula is C23H32N4O6S. The fourth-order valence-electron chi connectivity index (χ4n) is 3.62. The van der Waals surface area contributed by atoms with E-state index in [1.165, 1.54) is 6.08 Å². The molecule has 0 bridgehead atoms. The van der Waals surface area contributed by atoms with Crippen LogP contribution in [0.1, 0.15) is 45.4 Å². The highest BCUT2D eigenvalue weighted by Crippen LogP contribution is 2.34. The van der Waals surface area contributed by atoms with E-state index in [0.29, 0.717) is 44.3 Å². The van der Waals surface area contributed by atoms with Gasteiger partial charge < -0.3 is 20.1 Å². The molecule has 1 aliphatic heterocycles. The van der Waals surface area contributed by atoms with Crippen molar-refractivity contribution < 1.29 is 28.7 Å². The fraction of sp³-hybridized carbons (Fsp3) is 0.565. The first-order chi connectivity index (χ1) is 16.3. The van der Waals surface area contributed by atoms with Gasteiger partial charge in [0.15, 0.2) is 0 Å². The second-order valence-electron chi connectivity index (χ2n) is 8.31. The van der Waals surface area contributed by atoms with Gasteiger partial charge in [-0.2, -0.15) is 0 Å². The maximum absolute atomic E-state index is 12.8. The summed E-state index contributed by atoms with van der Waals surface area (Å²) >= 11 is 0.993. The molecule has 34 heavy (non-hydrogen) atoms. The Morgan fingerprint density at radius 3 is 2.21 bits per heavy atom. The van der Waals surface area contributed by atoms with Gasteiger partial charge in [0.1, 0.15) is 16.5 Å². The molecule has 1 saturated carbocycles. The smallest absolute Gasteiger partial charge is 0.348 e. The average molecular weight is 493 g/mol. The minimum atomic E-state index is -0.604. The van der Waals surface area contributed by atoms with Crippen LogP contribution in [0, 0.1) is 6.92 Å². The van der Waals surface area contributed by atoms with Gasteiger partial charge in [-0.15, -0.1) is 11.3 Å². The highest BCUT2D eigenvalue weighted by Gasteiger charge is 2.29. The van der Waals surface area contributed by atoms with E-state index >= 15 is 0 Å². The van der Waals surface area contributed by atoms with Crippen molar-refractivity contribution in [2.24, 2.45) is 0 Å².